The lowest BCUT2D eigenvalue weighted by Crippen LogP contribution is -2.35. The number of halogens is 1. The lowest BCUT2D eigenvalue weighted by atomic mass is 9.92. The molecule has 1 aliphatic heterocycles. The molecule has 0 aromatic heterocycles. The van der Waals surface area contributed by atoms with Crippen LogP contribution in [0.1, 0.15) is 25.3 Å². The van der Waals surface area contributed by atoms with Crippen LogP contribution in [0.15, 0.2) is 24.3 Å². The maximum absolute atomic E-state index is 12.7. The Bertz CT molecular complexity index is 614. The van der Waals surface area contributed by atoms with Crippen molar-refractivity contribution in [2.75, 3.05) is 13.1 Å². The molecule has 1 unspecified atom stereocenters. The minimum atomic E-state index is -0.768. The zero-order valence-corrected chi connectivity index (χ0v) is 14.0. The lowest BCUT2D eigenvalue weighted by molar-refractivity contribution is -0.143. The van der Waals surface area contributed by atoms with E-state index >= 15 is 0 Å². The molecule has 1 heterocycles. The summed E-state index contributed by atoms with van der Waals surface area (Å²) in [5.41, 5.74) is 0.961. The van der Waals surface area contributed by atoms with E-state index in [9.17, 15) is 14.7 Å². The Hall–Kier alpha value is -1.55. The van der Waals surface area contributed by atoms with Crippen LogP contribution in [0.3, 0.4) is 0 Å². The molecule has 1 saturated heterocycles. The molecule has 23 heavy (non-hydrogen) atoms. The molecule has 3 atom stereocenters. The normalized spacial score (nSPS) is 25.4. The lowest BCUT2D eigenvalue weighted by Gasteiger charge is -2.21. The fourth-order valence-electron chi connectivity index (χ4n) is 3.67. The van der Waals surface area contributed by atoms with Gasteiger partial charge in [-0.05, 0) is 42.7 Å². The fraction of sp³-hybridized carbons (Fsp3) is 0.556. The minimum absolute atomic E-state index is 0.0410. The molecule has 5 heteroatoms. The third kappa shape index (κ3) is 3.52. The topological polar surface area (TPSA) is 57.6 Å². The summed E-state index contributed by atoms with van der Waals surface area (Å²) in [6.45, 7) is 2.83. The van der Waals surface area contributed by atoms with E-state index in [1.807, 2.05) is 31.2 Å². The van der Waals surface area contributed by atoms with E-state index in [0.29, 0.717) is 30.5 Å². The average molecular weight is 336 g/mol. The Morgan fingerprint density at radius 2 is 2.00 bits per heavy atom. The van der Waals surface area contributed by atoms with E-state index in [1.54, 1.807) is 4.90 Å². The van der Waals surface area contributed by atoms with Gasteiger partial charge in [-0.1, -0.05) is 36.7 Å². The van der Waals surface area contributed by atoms with Crippen LogP contribution in [0.4, 0.5) is 0 Å². The van der Waals surface area contributed by atoms with E-state index in [4.69, 9.17) is 11.6 Å². The summed E-state index contributed by atoms with van der Waals surface area (Å²) in [5.74, 6) is -0.701. The van der Waals surface area contributed by atoms with Gasteiger partial charge in [0, 0.05) is 24.0 Å². The van der Waals surface area contributed by atoms with Gasteiger partial charge in [-0.15, -0.1) is 0 Å². The van der Waals surface area contributed by atoms with Crippen molar-refractivity contribution in [2.45, 2.75) is 26.2 Å². The number of carboxylic acids is 1. The molecule has 1 aromatic rings. The molecule has 1 N–H and O–H groups in total. The van der Waals surface area contributed by atoms with Crippen molar-refractivity contribution in [3.05, 3.63) is 34.9 Å². The van der Waals surface area contributed by atoms with E-state index < -0.39 is 11.9 Å². The third-order valence-electron chi connectivity index (χ3n) is 5.13. The predicted octanol–water partition coefficient (Wildman–Crippen LogP) is 3.09. The molecule has 3 rings (SSSR count). The fourth-order valence-corrected chi connectivity index (χ4v) is 3.88. The summed E-state index contributed by atoms with van der Waals surface area (Å²) in [6, 6.07) is 7.55. The van der Waals surface area contributed by atoms with Crippen LogP contribution < -0.4 is 0 Å². The number of aliphatic carboxylic acids is 1. The van der Waals surface area contributed by atoms with Gasteiger partial charge < -0.3 is 10.0 Å². The van der Waals surface area contributed by atoms with Crippen LogP contribution in [0.25, 0.3) is 0 Å². The van der Waals surface area contributed by atoms with E-state index in [1.165, 1.54) is 0 Å². The first-order valence-corrected chi connectivity index (χ1v) is 8.60. The molecular formula is C18H22ClNO3. The number of likely N-dealkylation sites (tertiary alicyclic amines) is 1. The number of rotatable bonds is 5. The number of benzene rings is 1. The van der Waals surface area contributed by atoms with Crippen LogP contribution >= 0.6 is 11.6 Å². The highest BCUT2D eigenvalue weighted by Gasteiger charge is 2.47. The molecule has 2 aliphatic rings. The van der Waals surface area contributed by atoms with Crippen molar-refractivity contribution in [1.29, 1.82) is 0 Å². The van der Waals surface area contributed by atoms with Crippen molar-refractivity contribution < 1.29 is 14.7 Å². The van der Waals surface area contributed by atoms with Gasteiger partial charge in [0.2, 0.25) is 5.91 Å². The molecule has 124 valence electrons. The standard InChI is InChI=1S/C18H22ClNO3/c1-11(8-13-4-2-3-5-16(13)19)17(21)20-9-14(12-6-7-12)15(10-20)18(22)23/h2-5,11-12,14-15H,6-10H2,1H3,(H,22,23)/t11?,14-,15+/m1/s1. The SMILES string of the molecule is CC(Cc1ccccc1Cl)C(=O)N1C[C@H](C(=O)O)[C@@H](C2CC2)C1. The summed E-state index contributed by atoms with van der Waals surface area (Å²) in [6.07, 6.45) is 2.79. The number of nitrogens with zero attached hydrogens (tertiary/aromatic N) is 1. The van der Waals surface area contributed by atoms with E-state index in [-0.39, 0.29) is 17.7 Å². The molecule has 1 amide bonds. The van der Waals surface area contributed by atoms with Gasteiger partial charge in [0.15, 0.2) is 0 Å². The van der Waals surface area contributed by atoms with Gasteiger partial charge in [-0.25, -0.2) is 0 Å². The first-order chi connectivity index (χ1) is 11.0. The molecule has 1 aromatic carbocycles. The van der Waals surface area contributed by atoms with Gasteiger partial charge in [-0.2, -0.15) is 0 Å². The van der Waals surface area contributed by atoms with Crippen molar-refractivity contribution in [3.8, 4) is 0 Å². The first-order valence-electron chi connectivity index (χ1n) is 8.22. The van der Waals surface area contributed by atoms with Gasteiger partial charge in [0.1, 0.15) is 0 Å². The van der Waals surface area contributed by atoms with Crippen LogP contribution in [-0.2, 0) is 16.0 Å². The minimum Gasteiger partial charge on any atom is -0.481 e. The molecule has 0 bridgehead atoms. The predicted molar refractivity (Wildman–Crippen MR) is 88.2 cm³/mol. The highest BCUT2D eigenvalue weighted by Crippen LogP contribution is 2.44. The zero-order valence-electron chi connectivity index (χ0n) is 13.2. The monoisotopic (exact) mass is 335 g/mol. The Kier molecular flexibility index (Phi) is 4.62. The molecule has 0 radical (unpaired) electrons. The first kappa shape index (κ1) is 16.3. The Morgan fingerprint density at radius 1 is 1.30 bits per heavy atom. The molecular weight excluding hydrogens is 314 g/mol. The van der Waals surface area contributed by atoms with Crippen LogP contribution in [0, 0.1) is 23.7 Å². The summed E-state index contributed by atoms with van der Waals surface area (Å²) in [7, 11) is 0. The average Bonchev–Trinajstić information content (AvgIpc) is 3.27. The second kappa shape index (κ2) is 6.52. The van der Waals surface area contributed by atoms with Gasteiger partial charge in [0.05, 0.1) is 5.92 Å². The summed E-state index contributed by atoms with van der Waals surface area (Å²) >= 11 is 6.17. The molecule has 1 aliphatic carbocycles. The molecule has 2 fully saturated rings. The highest BCUT2D eigenvalue weighted by atomic mass is 35.5. The quantitative estimate of drug-likeness (QED) is 0.899. The van der Waals surface area contributed by atoms with Crippen molar-refractivity contribution in [3.63, 3.8) is 0 Å². The Morgan fingerprint density at radius 3 is 2.61 bits per heavy atom. The van der Waals surface area contributed by atoms with Crippen molar-refractivity contribution in [2.24, 2.45) is 23.7 Å². The number of hydrogen-bond acceptors (Lipinski definition) is 2. The molecule has 4 nitrogen and oxygen atoms in total. The number of carbonyl (C=O) groups is 2. The summed E-state index contributed by atoms with van der Waals surface area (Å²) < 4.78 is 0. The van der Waals surface area contributed by atoms with Crippen LogP contribution in [0.5, 0.6) is 0 Å². The van der Waals surface area contributed by atoms with E-state index in [0.717, 1.165) is 18.4 Å². The summed E-state index contributed by atoms with van der Waals surface area (Å²) in [4.78, 5) is 25.9. The third-order valence-corrected chi connectivity index (χ3v) is 5.50. The van der Waals surface area contributed by atoms with Gasteiger partial charge >= 0.3 is 5.97 Å². The highest BCUT2D eigenvalue weighted by molar-refractivity contribution is 6.31. The van der Waals surface area contributed by atoms with Crippen LogP contribution in [0.2, 0.25) is 5.02 Å². The number of carbonyl (C=O) groups excluding carboxylic acids is 1. The number of carboxylic acid groups (broad SMARTS) is 1. The zero-order chi connectivity index (χ0) is 16.6. The Balaban J connectivity index is 1.65. The second-order valence-corrected chi connectivity index (χ2v) is 7.29. The smallest absolute Gasteiger partial charge is 0.308 e. The van der Waals surface area contributed by atoms with Gasteiger partial charge in [-0.3, -0.25) is 9.59 Å². The number of amides is 1. The number of hydrogen-bond donors (Lipinski definition) is 1. The largest absolute Gasteiger partial charge is 0.481 e. The molecule has 0 spiro atoms. The van der Waals surface area contributed by atoms with E-state index in [2.05, 4.69) is 0 Å². The second-order valence-electron chi connectivity index (χ2n) is 6.89. The van der Waals surface area contributed by atoms with Crippen LogP contribution in [-0.4, -0.2) is 35.0 Å². The summed E-state index contributed by atoms with van der Waals surface area (Å²) in [5, 5.41) is 10.1. The maximum atomic E-state index is 12.7. The Labute approximate surface area is 141 Å². The molecule has 1 saturated carbocycles. The van der Waals surface area contributed by atoms with Crippen molar-refractivity contribution >= 4 is 23.5 Å². The maximum Gasteiger partial charge on any atom is 0.308 e. The van der Waals surface area contributed by atoms with Gasteiger partial charge in [0.25, 0.3) is 0 Å². The van der Waals surface area contributed by atoms with Crippen molar-refractivity contribution in [1.82, 2.24) is 4.90 Å².